The van der Waals surface area contributed by atoms with Crippen LogP contribution in [-0.4, -0.2) is 6.18 Å². The van der Waals surface area contributed by atoms with Crippen molar-refractivity contribution >= 4 is 0 Å². The molecule has 0 saturated heterocycles. The Morgan fingerprint density at radius 1 is 0.952 bits per heavy atom. The van der Waals surface area contributed by atoms with E-state index in [1.54, 1.807) is 0 Å². The topological polar surface area (TPSA) is 0 Å². The summed E-state index contributed by atoms with van der Waals surface area (Å²) in [5.74, 6) is 2.46. The second-order valence-corrected chi connectivity index (χ2v) is 6.99. The van der Waals surface area contributed by atoms with E-state index < -0.39 is 11.6 Å². The van der Waals surface area contributed by atoms with Crippen LogP contribution in [0.2, 0.25) is 0 Å². The first-order chi connectivity index (χ1) is 7.92. The van der Waals surface area contributed by atoms with Gasteiger partial charge >= 0.3 is 6.18 Å². The Morgan fingerprint density at radius 3 is 2.00 bits per heavy atom. The molecule has 7 atom stereocenters. The molecule has 0 aromatic carbocycles. The third-order valence-corrected chi connectivity index (χ3v) is 6.45. The summed E-state index contributed by atoms with van der Waals surface area (Å²) in [6.07, 6.45) is 2.14. The summed E-state index contributed by atoms with van der Waals surface area (Å²) in [7, 11) is 0. The van der Waals surface area contributed by atoms with Crippen LogP contribution in [0.25, 0.3) is 0 Å². The standard InChI is InChI=1S/C14H18F3.4Rf/c1-13(14(15,16)17)6-9-5-10(13)12-8-3-2-7(4-8)11(9)12;;;;/h5,7-12H,2-4,6H2,1H3;;;;/q-1;;;;. The van der Waals surface area contributed by atoms with Gasteiger partial charge in [-0.1, -0.05) is 25.2 Å². The smallest absolute Gasteiger partial charge is 0.321 e. The summed E-state index contributed by atoms with van der Waals surface area (Å²) in [4.78, 5) is 0. The van der Waals surface area contributed by atoms with Gasteiger partial charge in [-0.2, -0.15) is 19.1 Å². The van der Waals surface area contributed by atoms with Crippen LogP contribution in [0.15, 0.2) is 0 Å². The molecule has 4 rings (SSSR count). The van der Waals surface area contributed by atoms with Gasteiger partial charge in [0.15, 0.2) is 0 Å². The summed E-state index contributed by atoms with van der Waals surface area (Å²) in [6, 6.07) is 0. The first kappa shape index (κ1) is 16.8. The quantitative estimate of drug-likeness (QED) is 0.254. The normalized spacial score (nSPS) is 48.6. The van der Waals surface area contributed by atoms with Gasteiger partial charge in [0.2, 0.25) is 0 Å². The molecule has 4 aliphatic rings. The zero-order valence-corrected chi connectivity index (χ0v) is 38.4. The van der Waals surface area contributed by atoms with E-state index in [0.717, 1.165) is 5.92 Å². The van der Waals surface area contributed by atoms with Gasteiger partial charge in [0.05, 0.1) is 0 Å². The molecule has 104 valence electrons. The van der Waals surface area contributed by atoms with Crippen LogP contribution in [0.4, 0.5) is 13.2 Å². The van der Waals surface area contributed by atoms with Gasteiger partial charge in [-0.05, 0) is 31.1 Å². The maximum atomic E-state index is 13.3. The molecule has 0 nitrogen and oxygen atoms in total. The van der Waals surface area contributed by atoms with Gasteiger partial charge < -0.3 is 6.42 Å². The van der Waals surface area contributed by atoms with E-state index in [0.29, 0.717) is 24.2 Å². The molecule has 21 heavy (non-hydrogen) atoms. The van der Waals surface area contributed by atoms with Crippen molar-refractivity contribution in [2.45, 2.75) is 38.8 Å². The third-order valence-electron chi connectivity index (χ3n) is 6.45. The summed E-state index contributed by atoms with van der Waals surface area (Å²) < 4.78 is 39.8. The van der Waals surface area contributed by atoms with E-state index in [1.165, 1.54) is 26.2 Å². The predicted molar refractivity (Wildman–Crippen MR) is 57.9 cm³/mol. The van der Waals surface area contributed by atoms with Gasteiger partial charge in [0, 0.05) is 5.41 Å². The molecule has 0 amide bonds. The van der Waals surface area contributed by atoms with E-state index in [9.17, 15) is 13.2 Å². The molecule has 0 heterocycles. The zero-order chi connectivity index (χ0) is 12.0. The largest absolute Gasteiger partial charge is 0.391 e. The Balaban J connectivity index is 0.000001000. The molecule has 0 N–H and O–H groups in total. The van der Waals surface area contributed by atoms with Gasteiger partial charge in [0.25, 0.3) is 0 Å². The Bertz CT molecular complexity index is 376. The van der Waals surface area contributed by atoms with Crippen LogP contribution in [0.3, 0.4) is 0 Å². The van der Waals surface area contributed by atoms with Crippen molar-refractivity contribution in [2.24, 2.45) is 40.9 Å². The molecular formula is C14H18F3Rf4-. The monoisotopic (exact) mass is 1310 g/mol. The van der Waals surface area contributed by atoms with Crippen molar-refractivity contribution in [3.05, 3.63) is 6.42 Å². The second-order valence-electron chi connectivity index (χ2n) is 6.99. The first-order valence-electron chi connectivity index (χ1n) is 6.83. The van der Waals surface area contributed by atoms with E-state index in [2.05, 4.69) is 6.42 Å². The minimum absolute atomic E-state index is 0. The Morgan fingerprint density at radius 2 is 1.48 bits per heavy atom. The Labute approximate surface area is 100.0 Å². The average molecular weight is 1310 g/mol. The van der Waals surface area contributed by atoms with Crippen molar-refractivity contribution in [3.8, 4) is 0 Å². The molecule has 4 fully saturated rings. The molecule has 0 aromatic rings. The molecule has 7 heteroatoms. The van der Waals surface area contributed by atoms with Crippen molar-refractivity contribution in [2.75, 3.05) is 0 Å². The fourth-order valence-electron chi connectivity index (χ4n) is 5.84. The van der Waals surface area contributed by atoms with Crippen molar-refractivity contribution in [1.82, 2.24) is 0 Å². The summed E-state index contributed by atoms with van der Waals surface area (Å²) in [5.41, 5.74) is -1.41. The maximum Gasteiger partial charge on any atom is 0.391 e. The number of alkyl halides is 3. The Hall–Kier alpha value is -4.21. The van der Waals surface area contributed by atoms with Crippen LogP contribution in [0.1, 0.15) is 32.6 Å². The van der Waals surface area contributed by atoms with Crippen molar-refractivity contribution in [1.29, 1.82) is 0 Å². The SMILES string of the molecule is CC1(C(F)(F)F)CC2[CH-]C1C1C3CCC(C3)C21.[Rf].[Rf].[Rf].[Rf]. The predicted octanol–water partition coefficient (Wildman–Crippen LogP) is 4.07. The van der Waals surface area contributed by atoms with Gasteiger partial charge in [-0.15, -0.1) is 5.92 Å². The summed E-state index contributed by atoms with van der Waals surface area (Å²) in [6.45, 7) is 1.47. The second kappa shape index (κ2) is 3.64. The third kappa shape index (κ3) is 1.26. The van der Waals surface area contributed by atoms with Gasteiger partial charge in [0.1, 0.15) is 0 Å². The molecule has 0 aromatic heterocycles. The number of rotatable bonds is 0. The van der Waals surface area contributed by atoms with E-state index in [-0.39, 0.29) is 11.8 Å². The molecule has 7 unspecified atom stereocenters. The fourth-order valence-corrected chi connectivity index (χ4v) is 5.84. The summed E-state index contributed by atoms with van der Waals surface area (Å²) >= 11 is 0. The molecule has 4 saturated carbocycles. The van der Waals surface area contributed by atoms with Gasteiger partial charge in [-0.3, -0.25) is 0 Å². The van der Waals surface area contributed by atoms with Crippen molar-refractivity contribution in [3.63, 3.8) is 0 Å². The van der Waals surface area contributed by atoms with Crippen LogP contribution in [0.5, 0.6) is 0 Å². The molecule has 0 aliphatic heterocycles. The minimum atomic E-state index is -4.02. The summed E-state index contributed by atoms with van der Waals surface area (Å²) in [5, 5.41) is 0. The van der Waals surface area contributed by atoms with E-state index in [1.807, 2.05) is 0 Å². The minimum Gasteiger partial charge on any atom is -0.321 e. The molecular weight excluding hydrogens is 1290 g/mol. The fraction of sp³-hybridized carbons (Fsp3) is 0.929. The van der Waals surface area contributed by atoms with E-state index in [4.69, 9.17) is 0 Å². The van der Waals surface area contributed by atoms with Gasteiger partial charge in [-0.25, -0.2) is 0 Å². The average Bonchev–Trinajstić information content (AvgIpc) is 2.91. The van der Waals surface area contributed by atoms with Crippen LogP contribution in [-0.2, 0) is 0 Å². The first-order valence-corrected chi connectivity index (χ1v) is 6.83. The Kier molecular flexibility index (Phi) is 2.91. The van der Waals surface area contributed by atoms with E-state index >= 15 is 0 Å². The molecule has 0 radical (unpaired) electrons. The number of fused-ring (bicyclic) bond motifs is 9. The molecule has 4 bridgehead atoms. The molecule has 0 spiro atoms. The maximum absolute atomic E-state index is 13.3. The van der Waals surface area contributed by atoms with Crippen molar-refractivity contribution < 1.29 is 13.2 Å². The number of hydrogen-bond donors (Lipinski definition) is 0. The molecule has 4 aliphatic carbocycles. The van der Waals surface area contributed by atoms with Crippen LogP contribution in [0, 0.1) is 47.3 Å². The number of hydrogen-bond acceptors (Lipinski definition) is 0. The zero-order valence-electron chi connectivity index (χ0n) is 12.8. The van der Waals surface area contributed by atoms with Crippen LogP contribution >= 0.6 is 0 Å². The number of halogens is 3. The van der Waals surface area contributed by atoms with Crippen LogP contribution < -0.4 is 0 Å².